The molecule has 0 spiro atoms. The molecule has 2 aliphatic rings. The van der Waals surface area contributed by atoms with Gasteiger partial charge in [0.15, 0.2) is 0 Å². The third kappa shape index (κ3) is 11.7. The molecule has 0 saturated carbocycles. The van der Waals surface area contributed by atoms with Crippen LogP contribution >= 0.6 is 11.3 Å². The minimum Gasteiger partial charge on any atom is -0.475 e. The van der Waals surface area contributed by atoms with Crippen molar-refractivity contribution in [3.05, 3.63) is 41.0 Å². The van der Waals surface area contributed by atoms with Crippen LogP contribution in [-0.4, -0.2) is 105 Å². The lowest BCUT2D eigenvalue weighted by Gasteiger charge is -2.35. The van der Waals surface area contributed by atoms with Gasteiger partial charge in [0, 0.05) is 44.9 Å². The molecule has 0 radical (unpaired) electrons. The summed E-state index contributed by atoms with van der Waals surface area (Å²) in [7, 11) is 0. The summed E-state index contributed by atoms with van der Waals surface area (Å²) in [5.41, 5.74) is 10.0. The summed E-state index contributed by atoms with van der Waals surface area (Å²) < 4.78 is 31.7. The summed E-state index contributed by atoms with van der Waals surface area (Å²) in [4.78, 5) is 70.3. The van der Waals surface area contributed by atoms with Gasteiger partial charge in [0.2, 0.25) is 23.6 Å². The summed E-state index contributed by atoms with van der Waals surface area (Å²) >= 11 is 1.58. The van der Waals surface area contributed by atoms with Crippen molar-refractivity contribution >= 4 is 40.9 Å². The molecular formula is C34H47F3N6O7S. The summed E-state index contributed by atoms with van der Waals surface area (Å²) in [5, 5.41) is 23.4. The number of likely N-dealkylation sites (tertiary alicyclic amines) is 2. The first-order chi connectivity index (χ1) is 23.7. The van der Waals surface area contributed by atoms with Crippen molar-refractivity contribution in [3.63, 3.8) is 0 Å². The van der Waals surface area contributed by atoms with E-state index in [0.29, 0.717) is 13.1 Å². The number of alkyl halides is 3. The zero-order valence-corrected chi connectivity index (χ0v) is 30.1. The molecule has 2 aromatic rings. The van der Waals surface area contributed by atoms with E-state index >= 15 is 0 Å². The van der Waals surface area contributed by atoms with Gasteiger partial charge in [-0.1, -0.05) is 45.0 Å². The Balaban J connectivity index is 0.000000908. The Kier molecular flexibility index (Phi) is 14.1. The Bertz CT molecular complexity index is 1550. The van der Waals surface area contributed by atoms with Crippen LogP contribution in [0.5, 0.6) is 0 Å². The number of halogens is 3. The zero-order chi connectivity index (χ0) is 38.3. The molecule has 0 bridgehead atoms. The van der Waals surface area contributed by atoms with Crippen LogP contribution in [0.4, 0.5) is 13.2 Å². The normalized spacial score (nSPS) is 20.5. The number of carbonyl (C=O) groups is 5. The summed E-state index contributed by atoms with van der Waals surface area (Å²) in [5.74, 6) is -4.11. The fraction of sp³-hybridized carbons (Fsp3) is 0.588. The molecule has 2 aliphatic heterocycles. The molecule has 4 rings (SSSR count). The van der Waals surface area contributed by atoms with Crippen LogP contribution in [0.3, 0.4) is 0 Å². The molecule has 2 fully saturated rings. The standard InChI is InChI=1S/C32H46N6O5S.C2HF3O2/c1-19(21-8-10-22(11-9-21)28-20(2)34-18-44-28)35-30(42)25-15-24(39)17-38(25)31(43)29(32(3,4)5)36-26(40)12-13-27(41)37-14-6-7-23(33)16-37;3-2(4,5)1(6)7/h8-11,18-19,23-25,29,39H,6-7,12-17,33H2,1-5H3,(H,35,42)(H,36,40);(H,6,7)/t19?,23-,24-,25+,29?;/m1./s1. The van der Waals surface area contributed by atoms with Crippen molar-refractivity contribution in [3.8, 4) is 10.4 Å². The lowest BCUT2D eigenvalue weighted by atomic mass is 9.85. The van der Waals surface area contributed by atoms with Gasteiger partial charge in [-0.05, 0) is 43.2 Å². The van der Waals surface area contributed by atoms with E-state index in [1.54, 1.807) is 16.2 Å². The average molecular weight is 741 g/mol. The number of rotatable bonds is 9. The van der Waals surface area contributed by atoms with Crippen LogP contribution in [0, 0.1) is 12.3 Å². The predicted octanol–water partition coefficient (Wildman–Crippen LogP) is 3.15. The average Bonchev–Trinajstić information content (AvgIpc) is 3.66. The molecule has 6 N–H and O–H groups in total. The zero-order valence-electron chi connectivity index (χ0n) is 29.3. The molecule has 17 heteroatoms. The number of nitrogens with one attached hydrogen (secondary N) is 2. The largest absolute Gasteiger partial charge is 0.490 e. The number of aromatic nitrogens is 1. The number of thiazole rings is 1. The quantitative estimate of drug-likeness (QED) is 0.257. The highest BCUT2D eigenvalue weighted by Gasteiger charge is 2.45. The van der Waals surface area contributed by atoms with Crippen molar-refractivity contribution < 1.29 is 47.4 Å². The number of amides is 4. The number of piperidine rings is 1. The summed E-state index contributed by atoms with van der Waals surface area (Å²) in [6.45, 7) is 10.4. The molecule has 51 heavy (non-hydrogen) atoms. The number of nitrogens with zero attached hydrogens (tertiary/aromatic N) is 3. The predicted molar refractivity (Wildman–Crippen MR) is 183 cm³/mol. The third-order valence-electron chi connectivity index (χ3n) is 8.68. The van der Waals surface area contributed by atoms with Crippen LogP contribution in [0.1, 0.15) is 77.1 Å². The van der Waals surface area contributed by atoms with Crippen LogP contribution < -0.4 is 16.4 Å². The van der Waals surface area contributed by atoms with E-state index in [9.17, 15) is 37.5 Å². The van der Waals surface area contributed by atoms with Gasteiger partial charge in [-0.25, -0.2) is 9.78 Å². The van der Waals surface area contributed by atoms with Crippen LogP contribution in [0.2, 0.25) is 0 Å². The highest BCUT2D eigenvalue weighted by atomic mass is 32.1. The molecule has 282 valence electrons. The van der Waals surface area contributed by atoms with Gasteiger partial charge < -0.3 is 36.4 Å². The van der Waals surface area contributed by atoms with E-state index < -0.39 is 47.6 Å². The number of hydrogen-bond donors (Lipinski definition) is 5. The first-order valence-electron chi connectivity index (χ1n) is 16.6. The maximum atomic E-state index is 13.9. The number of carboxylic acid groups (broad SMARTS) is 1. The molecule has 2 saturated heterocycles. The van der Waals surface area contributed by atoms with Gasteiger partial charge >= 0.3 is 12.1 Å². The topological polar surface area (TPSA) is 195 Å². The van der Waals surface area contributed by atoms with Crippen molar-refractivity contribution in [2.24, 2.45) is 11.1 Å². The van der Waals surface area contributed by atoms with E-state index in [1.807, 2.05) is 64.4 Å². The number of aliphatic carboxylic acids is 1. The molecular weight excluding hydrogens is 693 g/mol. The number of β-amino-alcohol motifs (C(OH)–C–C–N with tert-alkyl or cyclic N) is 1. The second kappa shape index (κ2) is 17.4. The molecule has 4 amide bonds. The van der Waals surface area contributed by atoms with Crippen LogP contribution in [-0.2, 0) is 24.0 Å². The minimum atomic E-state index is -5.08. The molecule has 1 aromatic carbocycles. The number of benzene rings is 1. The maximum Gasteiger partial charge on any atom is 0.490 e. The lowest BCUT2D eigenvalue weighted by molar-refractivity contribution is -0.192. The fourth-order valence-corrected chi connectivity index (χ4v) is 6.68. The SMILES string of the molecule is Cc1ncsc1-c1ccc(C(C)NC(=O)[C@@H]2C[C@@H](O)CN2C(=O)C(NC(=O)CCC(=O)N2CCC[C@@H](N)C2)C(C)(C)C)cc1.O=C(O)C(F)(F)F. The van der Waals surface area contributed by atoms with Gasteiger partial charge in [0.25, 0.3) is 0 Å². The van der Waals surface area contributed by atoms with Crippen molar-refractivity contribution in [2.75, 3.05) is 19.6 Å². The van der Waals surface area contributed by atoms with Crippen molar-refractivity contribution in [2.45, 2.75) is 103 Å². The first-order valence-corrected chi connectivity index (χ1v) is 17.5. The van der Waals surface area contributed by atoms with E-state index in [-0.39, 0.29) is 49.7 Å². The van der Waals surface area contributed by atoms with Crippen molar-refractivity contribution in [1.82, 2.24) is 25.4 Å². The van der Waals surface area contributed by atoms with E-state index in [2.05, 4.69) is 15.6 Å². The highest BCUT2D eigenvalue weighted by molar-refractivity contribution is 7.13. The number of aliphatic hydroxyl groups is 1. The lowest BCUT2D eigenvalue weighted by Crippen LogP contribution is -2.58. The maximum absolute atomic E-state index is 13.9. The molecule has 0 aliphatic carbocycles. The van der Waals surface area contributed by atoms with Crippen molar-refractivity contribution in [1.29, 1.82) is 0 Å². The van der Waals surface area contributed by atoms with E-state index in [0.717, 1.165) is 34.5 Å². The second-order valence-electron chi connectivity index (χ2n) is 13.9. The summed E-state index contributed by atoms with van der Waals surface area (Å²) in [6, 6.07) is 5.70. The molecule has 13 nitrogen and oxygen atoms in total. The van der Waals surface area contributed by atoms with Crippen LogP contribution in [0.25, 0.3) is 10.4 Å². The number of aryl methyl sites for hydroxylation is 1. The fourth-order valence-electron chi connectivity index (χ4n) is 5.86. The van der Waals surface area contributed by atoms with Crippen LogP contribution in [0.15, 0.2) is 29.8 Å². The Morgan fingerprint density at radius 2 is 1.69 bits per heavy atom. The Morgan fingerprint density at radius 3 is 2.22 bits per heavy atom. The number of nitrogens with two attached hydrogens (primary N) is 1. The Labute approximate surface area is 298 Å². The molecule has 3 heterocycles. The molecule has 1 aromatic heterocycles. The minimum absolute atomic E-state index is 0.00957. The number of aliphatic hydroxyl groups excluding tert-OH is 1. The molecule has 5 atom stereocenters. The second-order valence-corrected chi connectivity index (χ2v) is 14.8. The Morgan fingerprint density at radius 1 is 1.06 bits per heavy atom. The number of carboxylic acids is 1. The first kappa shape index (κ1) is 41.3. The van der Waals surface area contributed by atoms with E-state index in [1.165, 1.54) is 4.90 Å². The van der Waals surface area contributed by atoms with E-state index in [4.69, 9.17) is 15.6 Å². The highest BCUT2D eigenvalue weighted by Crippen LogP contribution is 2.29. The van der Waals surface area contributed by atoms with Gasteiger partial charge in [-0.3, -0.25) is 19.2 Å². The number of hydrogen-bond acceptors (Lipinski definition) is 9. The molecule has 2 unspecified atom stereocenters. The Hall–Kier alpha value is -4.09. The third-order valence-corrected chi connectivity index (χ3v) is 9.66. The van der Waals surface area contributed by atoms with Gasteiger partial charge in [0.05, 0.1) is 28.2 Å². The van der Waals surface area contributed by atoms with Gasteiger partial charge in [-0.2, -0.15) is 13.2 Å². The smallest absolute Gasteiger partial charge is 0.475 e. The monoisotopic (exact) mass is 740 g/mol. The number of carbonyl (C=O) groups excluding carboxylic acids is 4. The van der Waals surface area contributed by atoms with Gasteiger partial charge in [-0.15, -0.1) is 11.3 Å². The van der Waals surface area contributed by atoms with Gasteiger partial charge in [0.1, 0.15) is 12.1 Å². The summed E-state index contributed by atoms with van der Waals surface area (Å²) in [6.07, 6.45) is -4.16.